The highest BCUT2D eigenvalue weighted by atomic mass is 16.5. The molecule has 2 aliphatic rings. The molecule has 150 valence electrons. The van der Waals surface area contributed by atoms with Crippen LogP contribution in [0.5, 0.6) is 11.5 Å². The summed E-state index contributed by atoms with van der Waals surface area (Å²) < 4.78 is 10.5. The first-order valence-corrected chi connectivity index (χ1v) is 9.17. The first kappa shape index (κ1) is 18.8. The lowest BCUT2D eigenvalue weighted by atomic mass is 9.96. The van der Waals surface area contributed by atoms with Crippen molar-refractivity contribution in [3.8, 4) is 11.5 Å². The van der Waals surface area contributed by atoms with Crippen LogP contribution in [0.2, 0.25) is 0 Å². The van der Waals surface area contributed by atoms with E-state index in [2.05, 4.69) is 5.32 Å². The van der Waals surface area contributed by atoms with Gasteiger partial charge in [-0.25, -0.2) is 0 Å². The zero-order chi connectivity index (χ0) is 20.8. The van der Waals surface area contributed by atoms with Crippen LogP contribution in [0.4, 0.5) is 11.4 Å². The van der Waals surface area contributed by atoms with Gasteiger partial charge in [-0.1, -0.05) is 12.1 Å². The van der Waals surface area contributed by atoms with Gasteiger partial charge in [-0.15, -0.1) is 0 Å². The van der Waals surface area contributed by atoms with Crippen molar-refractivity contribution in [3.05, 3.63) is 48.0 Å². The number of hydrogen-bond acceptors (Lipinski definition) is 5. The molecule has 8 heteroatoms. The molecule has 2 aliphatic heterocycles. The molecular weight excluding hydrogens is 374 g/mol. The second-order valence-electron chi connectivity index (χ2n) is 6.95. The third-order valence-electron chi connectivity index (χ3n) is 5.55. The van der Waals surface area contributed by atoms with E-state index >= 15 is 0 Å². The van der Waals surface area contributed by atoms with E-state index in [-0.39, 0.29) is 24.7 Å². The molecule has 0 aromatic heterocycles. The van der Waals surface area contributed by atoms with E-state index in [4.69, 9.17) is 9.47 Å². The molecule has 1 unspecified atom stereocenters. The molecule has 1 fully saturated rings. The van der Waals surface area contributed by atoms with Crippen molar-refractivity contribution in [3.63, 3.8) is 0 Å². The van der Waals surface area contributed by atoms with Crippen molar-refractivity contribution >= 4 is 29.1 Å². The molecule has 4 rings (SSSR count). The van der Waals surface area contributed by atoms with E-state index < -0.39 is 11.6 Å². The number of nitrogens with zero attached hydrogens (tertiary/aromatic N) is 2. The minimum Gasteiger partial charge on any atom is -0.493 e. The number of carbonyl (C=O) groups is 3. The summed E-state index contributed by atoms with van der Waals surface area (Å²) >= 11 is 0. The average Bonchev–Trinajstić information content (AvgIpc) is 3.10. The van der Waals surface area contributed by atoms with Gasteiger partial charge in [-0.2, -0.15) is 0 Å². The molecule has 0 spiro atoms. The maximum absolute atomic E-state index is 13.5. The van der Waals surface area contributed by atoms with Crippen LogP contribution >= 0.6 is 0 Å². The molecule has 3 amide bonds. The lowest BCUT2D eigenvalue weighted by Crippen LogP contribution is -2.68. The minimum absolute atomic E-state index is 0.172. The fourth-order valence-electron chi connectivity index (χ4n) is 4.07. The summed E-state index contributed by atoms with van der Waals surface area (Å²) in [5, 5.41) is 2.84. The van der Waals surface area contributed by atoms with Gasteiger partial charge in [0.25, 0.3) is 11.8 Å². The largest absolute Gasteiger partial charge is 0.493 e. The monoisotopic (exact) mass is 395 g/mol. The number of nitrogens with one attached hydrogen (secondary N) is 1. The molecule has 2 aromatic rings. The van der Waals surface area contributed by atoms with Gasteiger partial charge in [-0.3, -0.25) is 19.3 Å². The van der Waals surface area contributed by atoms with Gasteiger partial charge in [0.2, 0.25) is 11.6 Å². The Morgan fingerprint density at radius 3 is 2.52 bits per heavy atom. The molecule has 2 aromatic carbocycles. The highest BCUT2D eigenvalue weighted by molar-refractivity contribution is 6.18. The Morgan fingerprint density at radius 2 is 1.79 bits per heavy atom. The molecule has 1 atom stereocenters. The van der Waals surface area contributed by atoms with Crippen LogP contribution in [0.1, 0.15) is 23.2 Å². The Bertz CT molecular complexity index is 1020. The number of methoxy groups -OCH3 is 2. The van der Waals surface area contributed by atoms with Gasteiger partial charge < -0.3 is 19.7 Å². The molecule has 2 heterocycles. The van der Waals surface area contributed by atoms with Gasteiger partial charge >= 0.3 is 0 Å². The summed E-state index contributed by atoms with van der Waals surface area (Å²) in [5.74, 6) is 0.0370. The Kier molecular flexibility index (Phi) is 4.41. The third kappa shape index (κ3) is 2.63. The highest BCUT2D eigenvalue weighted by Crippen LogP contribution is 2.44. The molecule has 0 bridgehead atoms. The predicted molar refractivity (Wildman–Crippen MR) is 106 cm³/mol. The number of amides is 3. The number of ether oxygens (including phenoxy) is 2. The summed E-state index contributed by atoms with van der Waals surface area (Å²) in [6.45, 7) is 0. The number of anilines is 2. The second-order valence-corrected chi connectivity index (χ2v) is 6.95. The van der Waals surface area contributed by atoms with Crippen LogP contribution in [0, 0.1) is 0 Å². The van der Waals surface area contributed by atoms with Crippen LogP contribution in [0.25, 0.3) is 0 Å². The topological polar surface area (TPSA) is 88.2 Å². The van der Waals surface area contributed by atoms with Crippen LogP contribution in [-0.2, 0) is 9.59 Å². The van der Waals surface area contributed by atoms with E-state index in [1.807, 2.05) is 0 Å². The van der Waals surface area contributed by atoms with Crippen LogP contribution in [0.15, 0.2) is 42.5 Å². The fraction of sp³-hybridized carbons (Fsp3) is 0.286. The van der Waals surface area contributed by atoms with Gasteiger partial charge in [-0.05, 0) is 24.3 Å². The van der Waals surface area contributed by atoms with Crippen molar-refractivity contribution in [1.29, 1.82) is 0 Å². The van der Waals surface area contributed by atoms with Gasteiger partial charge in [0, 0.05) is 31.6 Å². The zero-order valence-corrected chi connectivity index (χ0v) is 16.4. The SMILES string of the molecule is COc1ccc(NC(=O)C23CCC(=O)N2c2ccccc2C(=O)N3C)cc1OC. The van der Waals surface area contributed by atoms with Crippen molar-refractivity contribution in [2.75, 3.05) is 31.5 Å². The number of fused-ring (bicyclic) bond motifs is 3. The molecule has 0 saturated carbocycles. The summed E-state index contributed by atoms with van der Waals surface area (Å²) in [6.07, 6.45) is 0.382. The first-order valence-electron chi connectivity index (χ1n) is 9.17. The predicted octanol–water partition coefficient (Wildman–Crippen LogP) is 2.25. The van der Waals surface area contributed by atoms with E-state index in [0.717, 1.165) is 0 Å². The molecule has 1 saturated heterocycles. The smallest absolute Gasteiger partial charge is 0.271 e. The second kappa shape index (κ2) is 6.80. The molecule has 0 aliphatic carbocycles. The quantitative estimate of drug-likeness (QED) is 0.858. The Balaban J connectivity index is 1.76. The highest BCUT2D eigenvalue weighted by Gasteiger charge is 2.59. The first-order chi connectivity index (χ1) is 13.9. The average molecular weight is 395 g/mol. The zero-order valence-electron chi connectivity index (χ0n) is 16.4. The summed E-state index contributed by atoms with van der Waals surface area (Å²) in [4.78, 5) is 42.0. The fourth-order valence-corrected chi connectivity index (χ4v) is 4.07. The molecular formula is C21H21N3O5. The number of para-hydroxylation sites is 1. The summed E-state index contributed by atoms with van der Waals surface area (Å²) in [5.41, 5.74) is -0.0863. The maximum Gasteiger partial charge on any atom is 0.271 e. The standard InChI is InChI=1S/C21H21N3O5/c1-23-19(26)14-6-4-5-7-15(14)24-18(25)10-11-21(23,24)20(27)22-13-8-9-16(28-2)17(12-13)29-3/h4-9,12H,10-11H2,1-3H3,(H,22,27). The molecule has 0 radical (unpaired) electrons. The van der Waals surface area contributed by atoms with Crippen LogP contribution in [-0.4, -0.2) is 49.6 Å². The van der Waals surface area contributed by atoms with E-state index in [0.29, 0.717) is 28.4 Å². The molecule has 29 heavy (non-hydrogen) atoms. The van der Waals surface area contributed by atoms with E-state index in [1.54, 1.807) is 49.5 Å². The lowest BCUT2D eigenvalue weighted by molar-refractivity contribution is -0.128. The number of likely N-dealkylation sites (N-methyl/N-ethyl adjacent to an activating group) is 1. The molecule has 8 nitrogen and oxygen atoms in total. The lowest BCUT2D eigenvalue weighted by Gasteiger charge is -2.47. The molecule has 1 N–H and O–H groups in total. The van der Waals surface area contributed by atoms with Crippen molar-refractivity contribution in [1.82, 2.24) is 4.90 Å². The van der Waals surface area contributed by atoms with E-state index in [9.17, 15) is 14.4 Å². The van der Waals surface area contributed by atoms with Crippen LogP contribution < -0.4 is 19.7 Å². The number of benzene rings is 2. The number of rotatable bonds is 4. The summed E-state index contributed by atoms with van der Waals surface area (Å²) in [6, 6.07) is 11.8. The van der Waals surface area contributed by atoms with Crippen LogP contribution in [0.3, 0.4) is 0 Å². The van der Waals surface area contributed by atoms with Gasteiger partial charge in [0.05, 0.1) is 25.5 Å². The Morgan fingerprint density at radius 1 is 1.07 bits per heavy atom. The maximum atomic E-state index is 13.5. The minimum atomic E-state index is -1.42. The van der Waals surface area contributed by atoms with Gasteiger partial charge in [0.15, 0.2) is 11.5 Å². The van der Waals surface area contributed by atoms with Crippen molar-refractivity contribution in [2.24, 2.45) is 0 Å². The van der Waals surface area contributed by atoms with Crippen molar-refractivity contribution in [2.45, 2.75) is 18.5 Å². The summed E-state index contributed by atoms with van der Waals surface area (Å²) in [7, 11) is 4.58. The number of hydrogen-bond donors (Lipinski definition) is 1. The Labute approximate surface area is 168 Å². The normalized spacial score (nSPS) is 20.2. The van der Waals surface area contributed by atoms with Gasteiger partial charge in [0.1, 0.15) is 0 Å². The third-order valence-corrected chi connectivity index (χ3v) is 5.55. The number of carbonyl (C=O) groups excluding carboxylic acids is 3. The van der Waals surface area contributed by atoms with Crippen molar-refractivity contribution < 1.29 is 23.9 Å². The Hall–Kier alpha value is -3.55. The van der Waals surface area contributed by atoms with E-state index in [1.165, 1.54) is 24.0 Å².